The molecule has 3 nitrogen and oxygen atoms in total. The zero-order valence-corrected chi connectivity index (χ0v) is 4.88. The molecule has 0 aromatic rings. The maximum atomic E-state index is 8.89. The summed E-state index contributed by atoms with van der Waals surface area (Å²) in [5.41, 5.74) is 5.16. The van der Waals surface area contributed by atoms with E-state index < -0.39 is 0 Å². The standard InChI is InChI=1S/C5H12N2O/c6-4-7(8)5-2-1-3-5/h5,8H,1-4,6H2. The molecule has 3 N–H and O–H groups in total. The van der Waals surface area contributed by atoms with Crippen molar-refractivity contribution in [3.05, 3.63) is 0 Å². The summed E-state index contributed by atoms with van der Waals surface area (Å²) in [4.78, 5) is 0. The topological polar surface area (TPSA) is 49.5 Å². The highest BCUT2D eigenvalue weighted by atomic mass is 16.5. The molecule has 0 saturated heterocycles. The predicted molar refractivity (Wildman–Crippen MR) is 30.3 cm³/mol. The quantitative estimate of drug-likeness (QED) is 0.398. The Morgan fingerprint density at radius 2 is 2.25 bits per heavy atom. The fourth-order valence-electron chi connectivity index (χ4n) is 0.834. The molecule has 1 fully saturated rings. The van der Waals surface area contributed by atoms with Crippen molar-refractivity contribution in [2.75, 3.05) is 6.67 Å². The highest BCUT2D eigenvalue weighted by molar-refractivity contribution is 4.73. The number of nitrogens with zero attached hydrogens (tertiary/aromatic N) is 1. The van der Waals surface area contributed by atoms with Crippen LogP contribution in [-0.2, 0) is 0 Å². The average molecular weight is 116 g/mol. The van der Waals surface area contributed by atoms with E-state index in [0.717, 1.165) is 12.8 Å². The molecule has 0 spiro atoms. The monoisotopic (exact) mass is 116 g/mol. The Labute approximate surface area is 49.0 Å². The minimum atomic E-state index is 0.269. The average Bonchev–Trinajstić information content (AvgIpc) is 1.62. The molecule has 0 bridgehead atoms. The van der Waals surface area contributed by atoms with E-state index in [4.69, 9.17) is 10.9 Å². The molecule has 1 aliphatic carbocycles. The van der Waals surface area contributed by atoms with Gasteiger partial charge in [-0.05, 0) is 12.8 Å². The minimum Gasteiger partial charge on any atom is -0.316 e. The van der Waals surface area contributed by atoms with E-state index in [-0.39, 0.29) is 6.67 Å². The van der Waals surface area contributed by atoms with Gasteiger partial charge in [0.15, 0.2) is 0 Å². The molecule has 0 aliphatic heterocycles. The molecule has 1 rings (SSSR count). The van der Waals surface area contributed by atoms with E-state index in [1.54, 1.807) is 0 Å². The second-order valence-corrected chi connectivity index (χ2v) is 2.21. The van der Waals surface area contributed by atoms with Gasteiger partial charge in [-0.25, -0.2) is 0 Å². The Bertz CT molecular complexity index is 70.1. The SMILES string of the molecule is NCN(O)C1CCC1. The van der Waals surface area contributed by atoms with Gasteiger partial charge in [-0.3, -0.25) is 0 Å². The summed E-state index contributed by atoms with van der Waals surface area (Å²) >= 11 is 0. The Kier molecular flexibility index (Phi) is 1.83. The summed E-state index contributed by atoms with van der Waals surface area (Å²) in [5, 5.41) is 10.1. The molecule has 0 heterocycles. The first-order valence-electron chi connectivity index (χ1n) is 3.00. The van der Waals surface area contributed by atoms with Gasteiger partial charge in [0.1, 0.15) is 0 Å². The Morgan fingerprint density at radius 1 is 1.62 bits per heavy atom. The van der Waals surface area contributed by atoms with Crippen molar-refractivity contribution in [3.63, 3.8) is 0 Å². The molecule has 0 unspecified atom stereocenters. The van der Waals surface area contributed by atoms with Crippen molar-refractivity contribution in [1.29, 1.82) is 0 Å². The lowest BCUT2D eigenvalue weighted by Gasteiger charge is -2.31. The van der Waals surface area contributed by atoms with Gasteiger partial charge in [-0.2, -0.15) is 5.06 Å². The van der Waals surface area contributed by atoms with E-state index in [2.05, 4.69) is 0 Å². The van der Waals surface area contributed by atoms with Crippen LogP contribution in [0.5, 0.6) is 0 Å². The van der Waals surface area contributed by atoms with E-state index in [1.165, 1.54) is 11.5 Å². The van der Waals surface area contributed by atoms with Gasteiger partial charge in [-0.15, -0.1) is 0 Å². The van der Waals surface area contributed by atoms with Crippen LogP contribution in [0.2, 0.25) is 0 Å². The first kappa shape index (κ1) is 6.01. The smallest absolute Gasteiger partial charge is 0.0707 e. The van der Waals surface area contributed by atoms with Gasteiger partial charge >= 0.3 is 0 Å². The van der Waals surface area contributed by atoms with Gasteiger partial charge in [0.25, 0.3) is 0 Å². The van der Waals surface area contributed by atoms with Crippen molar-refractivity contribution in [2.24, 2.45) is 5.73 Å². The van der Waals surface area contributed by atoms with Crippen LogP contribution in [0.4, 0.5) is 0 Å². The van der Waals surface area contributed by atoms with Crippen LogP contribution in [0.3, 0.4) is 0 Å². The zero-order valence-electron chi connectivity index (χ0n) is 4.88. The molecule has 1 saturated carbocycles. The Morgan fingerprint density at radius 3 is 2.38 bits per heavy atom. The largest absolute Gasteiger partial charge is 0.316 e. The first-order chi connectivity index (χ1) is 3.84. The fraction of sp³-hybridized carbons (Fsp3) is 1.00. The molecule has 0 aromatic heterocycles. The first-order valence-corrected chi connectivity index (χ1v) is 3.00. The van der Waals surface area contributed by atoms with Crippen molar-refractivity contribution < 1.29 is 5.21 Å². The number of rotatable bonds is 2. The summed E-state index contributed by atoms with van der Waals surface area (Å²) in [6.45, 7) is 0.269. The van der Waals surface area contributed by atoms with Gasteiger partial charge in [0.05, 0.1) is 6.67 Å². The van der Waals surface area contributed by atoms with E-state index in [9.17, 15) is 0 Å². The molecule has 0 aromatic carbocycles. The molecular formula is C5H12N2O. The van der Waals surface area contributed by atoms with Gasteiger partial charge in [-0.1, -0.05) is 6.42 Å². The maximum absolute atomic E-state index is 8.89. The molecule has 0 radical (unpaired) electrons. The molecule has 0 atom stereocenters. The minimum absolute atomic E-state index is 0.269. The van der Waals surface area contributed by atoms with E-state index >= 15 is 0 Å². The zero-order chi connectivity index (χ0) is 5.98. The third kappa shape index (κ3) is 0.992. The van der Waals surface area contributed by atoms with Crippen molar-refractivity contribution in [1.82, 2.24) is 5.06 Å². The van der Waals surface area contributed by atoms with Gasteiger partial charge < -0.3 is 10.9 Å². The van der Waals surface area contributed by atoms with E-state index in [0.29, 0.717) is 6.04 Å². The second-order valence-electron chi connectivity index (χ2n) is 2.21. The third-order valence-corrected chi connectivity index (χ3v) is 1.68. The maximum Gasteiger partial charge on any atom is 0.0707 e. The van der Waals surface area contributed by atoms with Crippen LogP contribution in [0.25, 0.3) is 0 Å². The number of nitrogens with two attached hydrogens (primary N) is 1. The molecule has 1 aliphatic rings. The van der Waals surface area contributed by atoms with Crippen LogP contribution in [0.1, 0.15) is 19.3 Å². The van der Waals surface area contributed by atoms with Crippen LogP contribution in [0.15, 0.2) is 0 Å². The molecular weight excluding hydrogens is 104 g/mol. The summed E-state index contributed by atoms with van der Waals surface area (Å²) in [7, 11) is 0. The van der Waals surface area contributed by atoms with Crippen LogP contribution >= 0.6 is 0 Å². The number of hydroxylamine groups is 2. The van der Waals surface area contributed by atoms with Gasteiger partial charge in [0.2, 0.25) is 0 Å². The Hall–Kier alpha value is -0.120. The Balaban J connectivity index is 2.13. The summed E-state index contributed by atoms with van der Waals surface area (Å²) in [5.74, 6) is 0. The summed E-state index contributed by atoms with van der Waals surface area (Å²) in [6.07, 6.45) is 3.45. The third-order valence-electron chi connectivity index (χ3n) is 1.68. The summed E-state index contributed by atoms with van der Waals surface area (Å²) in [6, 6.07) is 0.361. The van der Waals surface area contributed by atoms with Crippen LogP contribution in [0, 0.1) is 0 Å². The molecule has 48 valence electrons. The van der Waals surface area contributed by atoms with Crippen molar-refractivity contribution in [2.45, 2.75) is 25.3 Å². The van der Waals surface area contributed by atoms with Crippen molar-refractivity contribution >= 4 is 0 Å². The molecule has 0 amide bonds. The van der Waals surface area contributed by atoms with Crippen LogP contribution in [-0.4, -0.2) is 23.0 Å². The lowest BCUT2D eigenvalue weighted by atomic mass is 9.93. The predicted octanol–water partition coefficient (Wildman–Crippen LogP) is 0.146. The molecule has 3 heteroatoms. The van der Waals surface area contributed by atoms with E-state index in [1.807, 2.05) is 0 Å². The van der Waals surface area contributed by atoms with Gasteiger partial charge in [0, 0.05) is 6.04 Å². The number of hydrogen-bond acceptors (Lipinski definition) is 3. The highest BCUT2D eigenvalue weighted by Crippen LogP contribution is 2.22. The molecule has 8 heavy (non-hydrogen) atoms. The summed E-state index contributed by atoms with van der Waals surface area (Å²) < 4.78 is 0. The second kappa shape index (κ2) is 2.44. The van der Waals surface area contributed by atoms with Crippen LogP contribution < -0.4 is 5.73 Å². The van der Waals surface area contributed by atoms with Crippen molar-refractivity contribution in [3.8, 4) is 0 Å². The lowest BCUT2D eigenvalue weighted by Crippen LogP contribution is -2.40. The highest BCUT2D eigenvalue weighted by Gasteiger charge is 2.21. The lowest BCUT2D eigenvalue weighted by molar-refractivity contribution is -0.144. The fourth-order valence-corrected chi connectivity index (χ4v) is 0.834. The normalized spacial score (nSPS) is 21.4. The number of hydrogen-bond donors (Lipinski definition) is 2.